The van der Waals surface area contributed by atoms with Crippen molar-refractivity contribution in [3.63, 3.8) is 0 Å². The van der Waals surface area contributed by atoms with E-state index in [0.29, 0.717) is 19.4 Å². The summed E-state index contributed by atoms with van der Waals surface area (Å²) in [6.07, 6.45) is 0.101. The molecular formula is C24H27NO5. The lowest BCUT2D eigenvalue weighted by Crippen LogP contribution is -2.57. The van der Waals surface area contributed by atoms with Crippen LogP contribution in [0.2, 0.25) is 0 Å². The number of amides is 1. The highest BCUT2D eigenvalue weighted by molar-refractivity contribution is 5.79. The quantitative estimate of drug-likeness (QED) is 0.768. The molecular weight excluding hydrogens is 382 g/mol. The number of fused-ring (bicyclic) bond motifs is 3. The fourth-order valence-corrected chi connectivity index (χ4v) is 4.92. The first kappa shape index (κ1) is 20.4. The highest BCUT2D eigenvalue weighted by atomic mass is 16.5. The van der Waals surface area contributed by atoms with Crippen LogP contribution in [0.4, 0.5) is 4.79 Å². The van der Waals surface area contributed by atoms with E-state index in [1.54, 1.807) is 0 Å². The van der Waals surface area contributed by atoms with Crippen LogP contribution < -0.4 is 5.32 Å². The van der Waals surface area contributed by atoms with Crippen molar-refractivity contribution >= 4 is 12.1 Å². The molecule has 2 aliphatic rings. The number of carboxylic acids is 1. The van der Waals surface area contributed by atoms with Crippen LogP contribution in [0.1, 0.15) is 50.2 Å². The summed E-state index contributed by atoms with van der Waals surface area (Å²) in [5.41, 5.74) is 3.21. The number of alkyl carbamates (subject to hydrolysis) is 1. The average molecular weight is 409 g/mol. The van der Waals surface area contributed by atoms with Crippen LogP contribution >= 0.6 is 0 Å². The summed E-state index contributed by atoms with van der Waals surface area (Å²) in [5.74, 6) is -0.989. The van der Waals surface area contributed by atoms with Gasteiger partial charge in [-0.2, -0.15) is 0 Å². The SMILES string of the molecule is CC1(C)CC(CC(=O)O)(NC(=O)OCC2c3ccccc3-c3ccccc32)CCO1. The molecule has 1 aliphatic heterocycles. The van der Waals surface area contributed by atoms with Crippen LogP contribution in [0.25, 0.3) is 11.1 Å². The molecule has 1 fully saturated rings. The summed E-state index contributed by atoms with van der Waals surface area (Å²) in [7, 11) is 0. The second-order valence-corrected chi connectivity index (χ2v) is 8.84. The molecule has 1 saturated heterocycles. The Hall–Kier alpha value is -2.86. The van der Waals surface area contributed by atoms with Crippen molar-refractivity contribution < 1.29 is 24.2 Å². The van der Waals surface area contributed by atoms with Crippen molar-refractivity contribution in [1.82, 2.24) is 5.32 Å². The Morgan fingerprint density at radius 3 is 2.27 bits per heavy atom. The van der Waals surface area contributed by atoms with E-state index in [4.69, 9.17) is 9.47 Å². The van der Waals surface area contributed by atoms with Gasteiger partial charge in [0.2, 0.25) is 0 Å². The van der Waals surface area contributed by atoms with Crippen molar-refractivity contribution in [1.29, 1.82) is 0 Å². The number of nitrogens with one attached hydrogen (secondary N) is 1. The predicted octanol–water partition coefficient (Wildman–Crippen LogP) is 4.33. The summed E-state index contributed by atoms with van der Waals surface area (Å²) in [6.45, 7) is 4.40. The van der Waals surface area contributed by atoms with Crippen LogP contribution in [-0.4, -0.2) is 41.5 Å². The summed E-state index contributed by atoms with van der Waals surface area (Å²) < 4.78 is 11.4. The second kappa shape index (κ2) is 7.76. The Morgan fingerprint density at radius 1 is 1.10 bits per heavy atom. The van der Waals surface area contributed by atoms with Gasteiger partial charge in [0.1, 0.15) is 6.61 Å². The van der Waals surface area contributed by atoms with Crippen molar-refractivity contribution in [2.24, 2.45) is 0 Å². The lowest BCUT2D eigenvalue weighted by molar-refractivity contribution is -0.142. The van der Waals surface area contributed by atoms with Crippen LogP contribution in [-0.2, 0) is 14.3 Å². The molecule has 0 spiro atoms. The van der Waals surface area contributed by atoms with Crippen LogP contribution in [0, 0.1) is 0 Å². The minimum absolute atomic E-state index is 0.0373. The van der Waals surface area contributed by atoms with Gasteiger partial charge < -0.3 is 19.9 Å². The number of aliphatic carboxylic acids is 1. The zero-order valence-electron chi connectivity index (χ0n) is 17.3. The molecule has 1 heterocycles. The molecule has 1 unspecified atom stereocenters. The molecule has 0 radical (unpaired) electrons. The van der Waals surface area contributed by atoms with Gasteiger partial charge in [-0.1, -0.05) is 48.5 Å². The van der Waals surface area contributed by atoms with E-state index in [0.717, 1.165) is 22.3 Å². The molecule has 4 rings (SSSR count). The van der Waals surface area contributed by atoms with E-state index in [9.17, 15) is 14.7 Å². The van der Waals surface area contributed by atoms with Gasteiger partial charge in [0.05, 0.1) is 17.6 Å². The number of benzene rings is 2. The molecule has 1 aliphatic carbocycles. The third kappa shape index (κ3) is 4.05. The number of carbonyl (C=O) groups excluding carboxylic acids is 1. The topological polar surface area (TPSA) is 84.9 Å². The monoisotopic (exact) mass is 409 g/mol. The van der Waals surface area contributed by atoms with Gasteiger partial charge in [0, 0.05) is 12.5 Å². The first-order valence-corrected chi connectivity index (χ1v) is 10.3. The Labute approximate surface area is 176 Å². The van der Waals surface area contributed by atoms with E-state index in [-0.39, 0.29) is 18.9 Å². The summed E-state index contributed by atoms with van der Waals surface area (Å²) in [6, 6.07) is 16.3. The lowest BCUT2D eigenvalue weighted by Gasteiger charge is -2.44. The molecule has 158 valence electrons. The smallest absolute Gasteiger partial charge is 0.407 e. The van der Waals surface area contributed by atoms with E-state index in [1.165, 1.54) is 0 Å². The summed E-state index contributed by atoms with van der Waals surface area (Å²) >= 11 is 0. The van der Waals surface area contributed by atoms with E-state index in [2.05, 4.69) is 29.6 Å². The Bertz CT molecular complexity index is 924. The molecule has 0 aromatic heterocycles. The number of ether oxygens (including phenoxy) is 2. The van der Waals surface area contributed by atoms with Gasteiger partial charge in [-0.3, -0.25) is 4.79 Å². The summed E-state index contributed by atoms with van der Waals surface area (Å²) in [4.78, 5) is 24.2. The summed E-state index contributed by atoms with van der Waals surface area (Å²) in [5, 5.41) is 12.3. The standard InChI is InChI=1S/C24H27NO5/c1-23(2)15-24(11-12-30-23,13-21(26)27)25-22(28)29-14-20-18-9-5-3-7-16(18)17-8-4-6-10-19(17)20/h3-10,20H,11-15H2,1-2H3,(H,25,28)(H,26,27). The molecule has 6 heteroatoms. The molecule has 2 N–H and O–H groups in total. The van der Waals surface area contributed by atoms with E-state index >= 15 is 0 Å². The molecule has 0 saturated carbocycles. The minimum Gasteiger partial charge on any atom is -0.481 e. The van der Waals surface area contributed by atoms with Crippen LogP contribution in [0.5, 0.6) is 0 Å². The van der Waals surface area contributed by atoms with E-state index < -0.39 is 23.2 Å². The fourth-order valence-electron chi connectivity index (χ4n) is 4.92. The highest BCUT2D eigenvalue weighted by Crippen LogP contribution is 2.44. The predicted molar refractivity (Wildman–Crippen MR) is 112 cm³/mol. The first-order chi connectivity index (χ1) is 14.3. The normalized spacial score (nSPS) is 22.1. The Balaban J connectivity index is 1.49. The largest absolute Gasteiger partial charge is 0.481 e. The molecule has 0 bridgehead atoms. The molecule has 2 aromatic carbocycles. The highest BCUT2D eigenvalue weighted by Gasteiger charge is 2.44. The molecule has 30 heavy (non-hydrogen) atoms. The number of rotatable bonds is 5. The van der Waals surface area contributed by atoms with Crippen molar-refractivity contribution in [3.8, 4) is 11.1 Å². The van der Waals surface area contributed by atoms with Gasteiger partial charge in [-0.25, -0.2) is 4.79 Å². The van der Waals surface area contributed by atoms with Gasteiger partial charge in [-0.05, 0) is 48.9 Å². The van der Waals surface area contributed by atoms with Crippen molar-refractivity contribution in [3.05, 3.63) is 59.7 Å². The van der Waals surface area contributed by atoms with Gasteiger partial charge >= 0.3 is 12.1 Å². The molecule has 1 amide bonds. The first-order valence-electron chi connectivity index (χ1n) is 10.3. The Kier molecular flexibility index (Phi) is 5.28. The van der Waals surface area contributed by atoms with Gasteiger partial charge in [0.15, 0.2) is 0 Å². The zero-order chi connectivity index (χ0) is 21.4. The van der Waals surface area contributed by atoms with Gasteiger partial charge in [0.25, 0.3) is 0 Å². The maximum absolute atomic E-state index is 12.7. The van der Waals surface area contributed by atoms with Crippen LogP contribution in [0.15, 0.2) is 48.5 Å². The maximum atomic E-state index is 12.7. The number of hydrogen-bond acceptors (Lipinski definition) is 4. The average Bonchev–Trinajstić information content (AvgIpc) is 2.99. The fraction of sp³-hybridized carbons (Fsp3) is 0.417. The Morgan fingerprint density at radius 2 is 1.70 bits per heavy atom. The molecule has 2 aromatic rings. The lowest BCUT2D eigenvalue weighted by atomic mass is 9.79. The number of carboxylic acid groups (broad SMARTS) is 1. The van der Waals surface area contributed by atoms with Crippen LogP contribution in [0.3, 0.4) is 0 Å². The second-order valence-electron chi connectivity index (χ2n) is 8.84. The van der Waals surface area contributed by atoms with E-state index in [1.807, 2.05) is 38.1 Å². The molecule has 6 nitrogen and oxygen atoms in total. The molecule has 1 atom stereocenters. The zero-order valence-corrected chi connectivity index (χ0v) is 17.3. The number of carbonyl (C=O) groups is 2. The van der Waals surface area contributed by atoms with Crippen molar-refractivity contribution in [2.45, 2.75) is 50.2 Å². The third-order valence-corrected chi connectivity index (χ3v) is 6.04. The number of hydrogen-bond donors (Lipinski definition) is 2. The van der Waals surface area contributed by atoms with Crippen molar-refractivity contribution in [2.75, 3.05) is 13.2 Å². The minimum atomic E-state index is -0.952. The maximum Gasteiger partial charge on any atom is 0.407 e. The van der Waals surface area contributed by atoms with Gasteiger partial charge in [-0.15, -0.1) is 0 Å². The third-order valence-electron chi connectivity index (χ3n) is 6.04.